The molecule has 100 valence electrons. The van der Waals surface area contributed by atoms with Crippen molar-refractivity contribution >= 4 is 22.8 Å². The minimum absolute atomic E-state index is 0.401. The molecule has 6 heteroatoms. The number of rotatable bonds is 6. The second-order valence-corrected chi connectivity index (χ2v) is 5.11. The van der Waals surface area contributed by atoms with Crippen LogP contribution in [0.25, 0.3) is 11.0 Å². The number of nitriles is 1. The number of fused-ring (bicyclic) bond motifs is 1. The van der Waals surface area contributed by atoms with E-state index in [2.05, 4.69) is 9.97 Å². The third-order valence-corrected chi connectivity index (χ3v) is 3.48. The molecule has 0 radical (unpaired) electrons. The highest BCUT2D eigenvalue weighted by Gasteiger charge is 2.06. The summed E-state index contributed by atoms with van der Waals surface area (Å²) < 4.78 is 5.44. The number of aromatic nitrogens is 2. The second kappa shape index (κ2) is 6.45. The Hall–Kier alpha value is -1.71. The Bertz CT molecular complexity index is 590. The fourth-order valence-electron chi connectivity index (χ4n) is 1.64. The molecule has 1 unspecified atom stereocenters. The lowest BCUT2D eigenvalue weighted by atomic mass is 10.3. The Kier molecular flexibility index (Phi) is 4.66. The topological polar surface area (TPSA) is 87.7 Å². The van der Waals surface area contributed by atoms with Gasteiger partial charge in [0.05, 0.1) is 29.8 Å². The van der Waals surface area contributed by atoms with Crippen molar-refractivity contribution in [3.05, 3.63) is 18.2 Å². The summed E-state index contributed by atoms with van der Waals surface area (Å²) in [5.74, 6) is 1.61. The highest BCUT2D eigenvalue weighted by molar-refractivity contribution is 7.99. The molecule has 1 heterocycles. The van der Waals surface area contributed by atoms with Crippen molar-refractivity contribution in [1.82, 2.24) is 9.97 Å². The van der Waals surface area contributed by atoms with Gasteiger partial charge in [0.25, 0.3) is 0 Å². The molecule has 2 aromatic rings. The van der Waals surface area contributed by atoms with E-state index in [-0.39, 0.29) is 0 Å². The Morgan fingerprint density at radius 1 is 1.58 bits per heavy atom. The van der Waals surface area contributed by atoms with Crippen LogP contribution in [0, 0.1) is 11.3 Å². The van der Waals surface area contributed by atoms with Gasteiger partial charge in [0.2, 0.25) is 0 Å². The molecule has 1 atom stereocenters. The molecule has 1 aromatic carbocycles. The smallest absolute Gasteiger partial charge is 0.166 e. The first-order valence-electron chi connectivity index (χ1n) is 6.13. The van der Waals surface area contributed by atoms with Crippen LogP contribution in [-0.2, 0) is 0 Å². The first kappa shape index (κ1) is 13.7. The number of benzene rings is 1. The first-order valence-corrected chi connectivity index (χ1v) is 7.12. The minimum Gasteiger partial charge on any atom is -0.494 e. The Labute approximate surface area is 116 Å². The molecule has 0 bridgehead atoms. The van der Waals surface area contributed by atoms with Crippen molar-refractivity contribution < 1.29 is 4.74 Å². The normalized spacial score (nSPS) is 12.3. The lowest BCUT2D eigenvalue weighted by molar-refractivity contribution is 0.340. The number of aromatic amines is 1. The highest BCUT2D eigenvalue weighted by atomic mass is 32.2. The molecule has 0 saturated heterocycles. The molecule has 0 fully saturated rings. The van der Waals surface area contributed by atoms with Crippen molar-refractivity contribution in [2.24, 2.45) is 5.73 Å². The Morgan fingerprint density at radius 2 is 2.42 bits per heavy atom. The summed E-state index contributed by atoms with van der Waals surface area (Å²) in [5.41, 5.74) is 7.41. The molecular weight excluding hydrogens is 260 g/mol. The maximum absolute atomic E-state index is 8.61. The number of H-pyrrole nitrogens is 1. The van der Waals surface area contributed by atoms with Crippen molar-refractivity contribution in [2.45, 2.75) is 24.5 Å². The average molecular weight is 276 g/mol. The molecule has 0 aliphatic heterocycles. The third-order valence-electron chi connectivity index (χ3n) is 2.58. The molecule has 0 amide bonds. The third kappa shape index (κ3) is 3.63. The van der Waals surface area contributed by atoms with Gasteiger partial charge in [0, 0.05) is 11.8 Å². The number of ether oxygens (including phenoxy) is 1. The molecule has 0 spiro atoms. The van der Waals surface area contributed by atoms with Crippen LogP contribution in [0.2, 0.25) is 0 Å². The standard InChI is InChI=1S/C13H16N4OS/c1-2-18-10-3-4-11-12(7-10)17-13(16-11)19-6-5-9(15)8-14/h3-4,7,9H,2,5-6,15H2,1H3,(H,16,17). The average Bonchev–Trinajstić information content (AvgIpc) is 2.80. The predicted octanol–water partition coefficient (Wildman–Crippen LogP) is 2.29. The van der Waals surface area contributed by atoms with Gasteiger partial charge in [-0.25, -0.2) is 4.98 Å². The van der Waals surface area contributed by atoms with Gasteiger partial charge in [-0.3, -0.25) is 0 Å². The maximum atomic E-state index is 8.61. The van der Waals surface area contributed by atoms with E-state index in [4.69, 9.17) is 15.7 Å². The highest BCUT2D eigenvalue weighted by Crippen LogP contribution is 2.23. The molecular formula is C13H16N4OS. The first-order chi connectivity index (χ1) is 9.22. The number of nitrogens with zero attached hydrogens (tertiary/aromatic N) is 2. The number of hydrogen-bond donors (Lipinski definition) is 2. The van der Waals surface area contributed by atoms with Gasteiger partial charge in [0.1, 0.15) is 5.75 Å². The summed E-state index contributed by atoms with van der Waals surface area (Å²) in [6.07, 6.45) is 0.655. The van der Waals surface area contributed by atoms with Gasteiger partial charge >= 0.3 is 0 Å². The van der Waals surface area contributed by atoms with Gasteiger partial charge in [-0.2, -0.15) is 5.26 Å². The lowest BCUT2D eigenvalue weighted by Gasteiger charge is -2.00. The van der Waals surface area contributed by atoms with Crippen LogP contribution in [-0.4, -0.2) is 28.4 Å². The van der Waals surface area contributed by atoms with Crippen molar-refractivity contribution in [3.8, 4) is 11.8 Å². The van der Waals surface area contributed by atoms with Crippen LogP contribution in [0.15, 0.2) is 23.4 Å². The van der Waals surface area contributed by atoms with Crippen molar-refractivity contribution in [3.63, 3.8) is 0 Å². The fraction of sp³-hybridized carbons (Fsp3) is 0.385. The zero-order chi connectivity index (χ0) is 13.7. The summed E-state index contributed by atoms with van der Waals surface area (Å²) in [6, 6.07) is 7.40. The summed E-state index contributed by atoms with van der Waals surface area (Å²) >= 11 is 1.57. The van der Waals surface area contributed by atoms with Crippen LogP contribution in [0.3, 0.4) is 0 Å². The van der Waals surface area contributed by atoms with Crippen LogP contribution in [0.4, 0.5) is 0 Å². The van der Waals surface area contributed by atoms with E-state index in [9.17, 15) is 0 Å². The van der Waals surface area contributed by atoms with Crippen LogP contribution in [0.5, 0.6) is 5.75 Å². The number of imidazole rings is 1. The molecule has 1 aromatic heterocycles. The number of nitrogens with two attached hydrogens (primary N) is 1. The van der Waals surface area contributed by atoms with E-state index < -0.39 is 6.04 Å². The monoisotopic (exact) mass is 276 g/mol. The quantitative estimate of drug-likeness (QED) is 0.790. The van der Waals surface area contributed by atoms with Crippen molar-refractivity contribution in [1.29, 1.82) is 5.26 Å². The van der Waals surface area contributed by atoms with Crippen molar-refractivity contribution in [2.75, 3.05) is 12.4 Å². The van der Waals surface area contributed by atoms with E-state index in [1.54, 1.807) is 11.8 Å². The van der Waals surface area contributed by atoms with E-state index in [0.29, 0.717) is 13.0 Å². The summed E-state index contributed by atoms with van der Waals surface area (Å²) in [5, 5.41) is 9.45. The van der Waals surface area contributed by atoms with Gasteiger partial charge in [-0.05, 0) is 25.5 Å². The maximum Gasteiger partial charge on any atom is 0.166 e. The van der Waals surface area contributed by atoms with Crippen LogP contribution < -0.4 is 10.5 Å². The van der Waals surface area contributed by atoms with E-state index >= 15 is 0 Å². The van der Waals surface area contributed by atoms with Crippen LogP contribution >= 0.6 is 11.8 Å². The minimum atomic E-state index is -0.401. The SMILES string of the molecule is CCOc1ccc2nc(SCCC(N)C#N)[nH]c2c1. The molecule has 19 heavy (non-hydrogen) atoms. The molecule has 2 rings (SSSR count). The summed E-state index contributed by atoms with van der Waals surface area (Å²) in [7, 11) is 0. The number of hydrogen-bond acceptors (Lipinski definition) is 5. The fourth-order valence-corrected chi connectivity index (χ4v) is 2.55. The number of nitrogens with one attached hydrogen (secondary N) is 1. The van der Waals surface area contributed by atoms with E-state index in [0.717, 1.165) is 27.7 Å². The van der Waals surface area contributed by atoms with E-state index in [1.165, 1.54) is 0 Å². The lowest BCUT2D eigenvalue weighted by Crippen LogP contribution is -2.17. The Balaban J connectivity index is 2.03. The largest absolute Gasteiger partial charge is 0.494 e. The zero-order valence-electron chi connectivity index (χ0n) is 10.7. The van der Waals surface area contributed by atoms with Gasteiger partial charge in [0.15, 0.2) is 5.16 Å². The van der Waals surface area contributed by atoms with Gasteiger partial charge in [-0.1, -0.05) is 11.8 Å². The van der Waals surface area contributed by atoms with Gasteiger partial charge < -0.3 is 15.5 Å². The van der Waals surface area contributed by atoms with E-state index in [1.807, 2.05) is 31.2 Å². The Morgan fingerprint density at radius 3 is 3.16 bits per heavy atom. The van der Waals surface area contributed by atoms with Gasteiger partial charge in [-0.15, -0.1) is 0 Å². The summed E-state index contributed by atoms with van der Waals surface area (Å²) in [6.45, 7) is 2.60. The predicted molar refractivity (Wildman–Crippen MR) is 76.2 cm³/mol. The molecule has 0 aliphatic rings. The number of thioether (sulfide) groups is 1. The molecule has 0 saturated carbocycles. The second-order valence-electron chi connectivity index (χ2n) is 4.03. The molecule has 3 N–H and O–H groups in total. The molecule has 5 nitrogen and oxygen atoms in total. The zero-order valence-corrected chi connectivity index (χ0v) is 11.5. The molecule has 0 aliphatic carbocycles. The van der Waals surface area contributed by atoms with Crippen LogP contribution in [0.1, 0.15) is 13.3 Å². The summed E-state index contributed by atoms with van der Waals surface area (Å²) in [4.78, 5) is 7.70.